The lowest BCUT2D eigenvalue weighted by Crippen LogP contribution is -2.27. The van der Waals surface area contributed by atoms with Gasteiger partial charge in [0.2, 0.25) is 0 Å². The largest absolute Gasteiger partial charge is 0.545 e. The third kappa shape index (κ3) is 37.9. The van der Waals surface area contributed by atoms with E-state index in [2.05, 4.69) is 56.4 Å². The molecule has 0 atom stereocenters. The maximum absolute atomic E-state index is 10.2. The summed E-state index contributed by atoms with van der Waals surface area (Å²) in [5.41, 5.74) is -0.111. The fourth-order valence-corrected chi connectivity index (χ4v) is 0.742. The summed E-state index contributed by atoms with van der Waals surface area (Å²) in [7, 11) is 17.0. The van der Waals surface area contributed by atoms with Crippen molar-refractivity contribution in [2.24, 2.45) is 0 Å². The molecule has 0 spiro atoms. The highest BCUT2D eigenvalue weighted by Gasteiger charge is 1.94. The van der Waals surface area contributed by atoms with Crippen LogP contribution in [0.25, 0.3) is 0 Å². The number of quaternary nitrogens is 2. The van der Waals surface area contributed by atoms with Crippen molar-refractivity contribution in [2.75, 3.05) is 56.4 Å². The Kier molecular flexibility index (Phi) is 24.7. The number of nitrogens with zero attached hydrogens (tertiary/aromatic N) is 2. The van der Waals surface area contributed by atoms with E-state index in [9.17, 15) is 19.8 Å². The Labute approximate surface area is 155 Å². The van der Waals surface area contributed by atoms with Gasteiger partial charge in [0, 0.05) is 0 Å². The molecule has 0 aromatic heterocycles. The number of carboxylic acid groups (broad SMARTS) is 2. The summed E-state index contributed by atoms with van der Waals surface area (Å²) in [4.78, 5) is 20.4. The van der Waals surface area contributed by atoms with Crippen LogP contribution in [0.3, 0.4) is 0 Å². The molecule has 0 bridgehead atoms. The molecule has 0 unspecified atom stereocenters. The molecular weight excluding hydrogens is 348 g/mol. The zero-order valence-electron chi connectivity index (χ0n) is 16.8. The normalized spacial score (nSPS) is 8.92. The highest BCUT2D eigenvalue weighted by Crippen LogP contribution is 2.01. The second-order valence-corrected chi connectivity index (χ2v) is 7.52. The van der Waals surface area contributed by atoms with Gasteiger partial charge in [-0.3, -0.25) is 0 Å². The molecule has 0 amide bonds. The van der Waals surface area contributed by atoms with E-state index in [1.165, 1.54) is 0 Å². The van der Waals surface area contributed by atoms with Crippen LogP contribution in [0.2, 0.25) is 0 Å². The van der Waals surface area contributed by atoms with Gasteiger partial charge in [-0.05, 0) is 11.1 Å². The maximum atomic E-state index is 10.2. The van der Waals surface area contributed by atoms with Gasteiger partial charge in [0.25, 0.3) is 0 Å². The minimum absolute atomic E-state index is 0. The Morgan fingerprint density at radius 3 is 0.769 bits per heavy atom. The molecule has 0 radical (unpaired) electrons. The van der Waals surface area contributed by atoms with Crippen LogP contribution in [0.15, 0.2) is 24.3 Å². The van der Waals surface area contributed by atoms with Gasteiger partial charge in [-0.1, -0.05) is 24.3 Å². The minimum atomic E-state index is -1.33. The van der Waals surface area contributed by atoms with Crippen LogP contribution in [0.4, 0.5) is 0 Å². The monoisotopic (exact) mass is 384 g/mol. The molecule has 0 saturated heterocycles. The van der Waals surface area contributed by atoms with E-state index in [1.54, 1.807) is 0 Å². The van der Waals surface area contributed by atoms with Gasteiger partial charge >= 0.3 is 0 Å². The van der Waals surface area contributed by atoms with Gasteiger partial charge in [0.15, 0.2) is 0 Å². The van der Waals surface area contributed by atoms with Gasteiger partial charge in [0.1, 0.15) is 0 Å². The Morgan fingerprint density at radius 1 is 0.577 bits per heavy atom. The number of rotatable bonds is 2. The molecule has 0 aliphatic rings. The van der Waals surface area contributed by atoms with Crippen LogP contribution in [0.1, 0.15) is 20.7 Å². The lowest BCUT2D eigenvalue weighted by Gasteiger charge is -2.14. The van der Waals surface area contributed by atoms with E-state index in [-0.39, 0.29) is 33.0 Å². The predicted octanol–water partition coefficient (Wildman–Crippen LogP) is -4.24. The average molecular weight is 384 g/mol. The predicted molar refractivity (Wildman–Crippen MR) is 97.5 cm³/mol. The first-order valence-electron chi connectivity index (χ1n) is 6.72. The Balaban J connectivity index is -0.0000000619. The van der Waals surface area contributed by atoms with E-state index in [0.717, 1.165) is 33.2 Å². The van der Waals surface area contributed by atoms with Crippen LogP contribution in [0, 0.1) is 0 Å². The quantitative estimate of drug-likeness (QED) is 0.464. The third-order valence-electron chi connectivity index (χ3n) is 1.36. The lowest BCUT2D eigenvalue weighted by atomic mass is 10.1. The first-order chi connectivity index (χ1) is 9.61. The van der Waals surface area contributed by atoms with Crippen LogP contribution >= 0.6 is 0 Å². The molecule has 0 fully saturated rings. The van der Waals surface area contributed by atoms with E-state index < -0.39 is 11.9 Å². The van der Waals surface area contributed by atoms with E-state index in [0.29, 0.717) is 0 Å². The summed E-state index contributed by atoms with van der Waals surface area (Å²) < 4.78 is 2.00. The van der Waals surface area contributed by atoms with Crippen LogP contribution in [-0.4, -0.2) is 99.2 Å². The van der Waals surface area contributed by atoms with Gasteiger partial charge in [0.05, 0.1) is 68.3 Å². The van der Waals surface area contributed by atoms with Crippen molar-refractivity contribution in [3.05, 3.63) is 35.4 Å². The number of hydrogen-bond acceptors (Lipinski definition) is 4. The van der Waals surface area contributed by atoms with Crippen molar-refractivity contribution >= 4 is 11.9 Å². The molecule has 0 aliphatic carbocycles. The standard InChI is InChI=1S/C8H6O4.2C4H12N.4H2O/c9-7(10)5-1-2-6(4-3-5)8(11)12;2*1-5(2,3)4;;;;/h1-4H,(H,9,10)(H,11,12);2*1-4H3;4*1H2/q;2*+1;;;;/p-2. The van der Waals surface area contributed by atoms with E-state index in [4.69, 9.17) is 0 Å². The van der Waals surface area contributed by atoms with E-state index in [1.807, 2.05) is 0 Å². The smallest absolute Gasteiger partial charge is 0.0715 e. The summed E-state index contributed by atoms with van der Waals surface area (Å²) >= 11 is 0. The maximum Gasteiger partial charge on any atom is 0.0715 e. The molecule has 1 aromatic rings. The molecule has 1 rings (SSSR count). The topological polar surface area (TPSA) is 206 Å². The second-order valence-electron chi connectivity index (χ2n) is 7.52. The summed E-state index contributed by atoms with van der Waals surface area (Å²) in [5, 5.41) is 20.4. The molecule has 8 N–H and O–H groups in total. The number of carboxylic acids is 2. The lowest BCUT2D eigenvalue weighted by molar-refractivity contribution is -0.849. The highest BCUT2D eigenvalue weighted by molar-refractivity contribution is 5.89. The molecular formula is C16H36N2O8. The summed E-state index contributed by atoms with van der Waals surface area (Å²) in [6.07, 6.45) is 0. The van der Waals surface area contributed by atoms with Gasteiger partial charge in [-0.15, -0.1) is 0 Å². The molecule has 0 saturated carbocycles. The number of benzene rings is 1. The average Bonchev–Trinajstić information content (AvgIpc) is 2.24. The van der Waals surface area contributed by atoms with Crippen molar-refractivity contribution in [2.45, 2.75) is 0 Å². The highest BCUT2D eigenvalue weighted by atomic mass is 16.4. The number of hydrogen-bond donors (Lipinski definition) is 0. The van der Waals surface area contributed by atoms with Gasteiger partial charge in [-0.25, -0.2) is 0 Å². The van der Waals surface area contributed by atoms with Crippen LogP contribution < -0.4 is 10.2 Å². The van der Waals surface area contributed by atoms with Crippen molar-refractivity contribution < 1.29 is 50.7 Å². The zero-order valence-corrected chi connectivity index (χ0v) is 16.8. The van der Waals surface area contributed by atoms with Crippen molar-refractivity contribution in [1.82, 2.24) is 0 Å². The number of aromatic carboxylic acids is 2. The Hall–Kier alpha value is -2.08. The van der Waals surface area contributed by atoms with Crippen molar-refractivity contribution in [3.8, 4) is 0 Å². The number of carbonyl (C=O) groups is 2. The Bertz CT molecular complexity index is 420. The molecule has 10 nitrogen and oxygen atoms in total. The fourth-order valence-electron chi connectivity index (χ4n) is 0.742. The first-order valence-corrected chi connectivity index (χ1v) is 6.72. The fraction of sp³-hybridized carbons (Fsp3) is 0.500. The molecule has 0 aliphatic heterocycles. The van der Waals surface area contributed by atoms with Crippen LogP contribution in [-0.2, 0) is 0 Å². The van der Waals surface area contributed by atoms with Crippen LogP contribution in [0.5, 0.6) is 0 Å². The summed E-state index contributed by atoms with van der Waals surface area (Å²) in [6, 6.07) is 4.61. The molecule has 26 heavy (non-hydrogen) atoms. The third-order valence-corrected chi connectivity index (χ3v) is 1.36. The minimum Gasteiger partial charge on any atom is -0.545 e. The molecule has 1 aromatic carbocycles. The SMILES string of the molecule is C[N+](C)(C)C.C[N+](C)(C)C.O.O.O.O.O=C([O-])c1ccc(C(=O)[O-])cc1. The molecule has 10 heteroatoms. The second kappa shape index (κ2) is 16.4. The number of carbonyl (C=O) groups excluding carboxylic acids is 2. The van der Waals surface area contributed by atoms with Gasteiger partial charge < -0.3 is 50.7 Å². The zero-order chi connectivity index (χ0) is 18.1. The Morgan fingerprint density at radius 2 is 0.692 bits per heavy atom. The van der Waals surface area contributed by atoms with E-state index >= 15 is 0 Å². The van der Waals surface area contributed by atoms with Crippen molar-refractivity contribution in [1.29, 1.82) is 0 Å². The summed E-state index contributed by atoms with van der Waals surface area (Å²) in [6.45, 7) is 0. The first kappa shape index (κ1) is 39.1. The van der Waals surface area contributed by atoms with Crippen molar-refractivity contribution in [3.63, 3.8) is 0 Å². The summed E-state index contributed by atoms with van der Waals surface area (Å²) in [5.74, 6) is -2.67. The van der Waals surface area contributed by atoms with Gasteiger partial charge in [-0.2, -0.15) is 0 Å². The molecule has 0 heterocycles. The molecule has 158 valence electrons.